The van der Waals surface area contributed by atoms with Crippen LogP contribution in [0.1, 0.15) is 250 Å². The van der Waals surface area contributed by atoms with Crippen LogP contribution in [0.3, 0.4) is 0 Å². The molecule has 4 aliphatic carbocycles. The van der Waals surface area contributed by atoms with Crippen LogP contribution in [-0.2, 0) is 53.3 Å². The fourth-order valence-electron chi connectivity index (χ4n) is 3.89. The molecule has 0 aliphatic heterocycles. The normalized spacial score (nSPS) is 13.5. The van der Waals surface area contributed by atoms with Crippen molar-refractivity contribution in [2.24, 2.45) is 0 Å². The summed E-state index contributed by atoms with van der Waals surface area (Å²) in [5.74, 6) is -3.98. The van der Waals surface area contributed by atoms with Crippen molar-refractivity contribution in [1.82, 2.24) is 0 Å². The molecule has 0 aromatic heterocycles. The van der Waals surface area contributed by atoms with Crippen LogP contribution in [0.4, 0.5) is 0 Å². The van der Waals surface area contributed by atoms with Gasteiger partial charge in [0.25, 0.3) is 0 Å². The number of carboxylic acids is 4. The Labute approximate surface area is 346 Å². The van der Waals surface area contributed by atoms with Crippen LogP contribution in [0.2, 0.25) is 0 Å². The molecule has 4 rings (SSSR count). The van der Waals surface area contributed by atoms with Crippen LogP contribution in [0.15, 0.2) is 0 Å². The fraction of sp³-hybridized carbons (Fsp3) is 0.905. The number of hydrogen-bond donors (Lipinski definition) is 0. The summed E-state index contributed by atoms with van der Waals surface area (Å²) >= 11 is 0. The van der Waals surface area contributed by atoms with Gasteiger partial charge < -0.3 is 39.6 Å². The number of aliphatic carboxylic acids is 4. The minimum atomic E-state index is -0.995. The van der Waals surface area contributed by atoms with Crippen LogP contribution < -0.4 is 20.4 Å². The van der Waals surface area contributed by atoms with Crippen molar-refractivity contribution in [3.8, 4) is 0 Å². The van der Waals surface area contributed by atoms with Gasteiger partial charge in [0.1, 0.15) is 0 Å². The Morgan fingerprint density at radius 3 is 0.327 bits per heavy atom. The molecule has 4 saturated carbocycles. The summed E-state index contributed by atoms with van der Waals surface area (Å²) in [5, 5.41) is 37.0. The first kappa shape index (κ1) is 75.8. The minimum absolute atomic E-state index is 0. The zero-order chi connectivity index (χ0) is 40.7. The second-order valence-electron chi connectivity index (χ2n) is 10.7. The van der Waals surface area contributed by atoms with Crippen LogP contribution in [0.5, 0.6) is 0 Å². The second-order valence-corrected chi connectivity index (χ2v) is 10.7. The van der Waals surface area contributed by atoms with Gasteiger partial charge in [0, 0.05) is 23.9 Å². The van der Waals surface area contributed by atoms with E-state index < -0.39 is 23.9 Å². The Kier molecular flexibility index (Phi) is 128. The summed E-state index contributed by atoms with van der Waals surface area (Å²) in [5.41, 5.74) is 0. The largest absolute Gasteiger partial charge is 2.00 e. The number of carbonyl (C=O) groups excluding carboxylic acids is 4. The summed E-state index contributed by atoms with van der Waals surface area (Å²) in [7, 11) is 0. The molecule has 0 unspecified atom stereocenters. The van der Waals surface area contributed by atoms with Gasteiger partial charge in [-0.25, -0.2) is 0 Å². The SMILES string of the molecule is C1CCCC1.C1CCCC1.C1CCCCC1.C1CCCCC1.CC.CC.CC.CC.CCC(=O)[O-].CCC(=O)[O-].CCC(=O)[O-].CCC(=O)[O-].[Cu+2].[Cu+2]. The molecule has 10 heteroatoms. The Hall–Kier alpha value is -1.08. The van der Waals surface area contributed by atoms with Gasteiger partial charge in [-0.15, -0.1) is 0 Å². The molecule has 0 bridgehead atoms. The molecule has 0 heterocycles. The molecule has 8 nitrogen and oxygen atoms in total. The van der Waals surface area contributed by atoms with E-state index in [-0.39, 0.29) is 59.8 Å². The molecule has 0 N–H and O–H groups in total. The Bertz CT molecular complexity index is 460. The van der Waals surface area contributed by atoms with Crippen molar-refractivity contribution in [1.29, 1.82) is 0 Å². The van der Waals surface area contributed by atoms with E-state index in [1.165, 1.54) is 169 Å². The quantitative estimate of drug-likeness (QED) is 0.253. The molecule has 0 saturated heterocycles. The third-order valence-corrected chi connectivity index (χ3v) is 6.65. The zero-order valence-corrected chi connectivity index (χ0v) is 38.1. The molecular weight excluding hydrogens is 760 g/mol. The van der Waals surface area contributed by atoms with Crippen LogP contribution in [0, 0.1) is 0 Å². The number of rotatable bonds is 4. The van der Waals surface area contributed by atoms with Crippen molar-refractivity contribution in [2.45, 2.75) is 250 Å². The van der Waals surface area contributed by atoms with E-state index >= 15 is 0 Å². The van der Waals surface area contributed by atoms with E-state index in [4.69, 9.17) is 0 Å². The standard InChI is InChI=1S/2C6H12.2C5H10.4C3H6O2.4C2H6.2Cu/c2*1-2-4-6-5-3-1;2*1-2-4-5-3-1;4*1-2-3(4)5;4*1-2;;/h2*1-6H2;2*1-5H2;4*2H2,1H3,(H,4,5);4*1-2H3;;/q;;;;;;;;;;;;2*+2/p-4. The van der Waals surface area contributed by atoms with Crippen molar-refractivity contribution in [3.63, 3.8) is 0 Å². The minimum Gasteiger partial charge on any atom is -0.550 e. The molecule has 0 aromatic carbocycles. The molecular formula is C42H88Cu2O8. The van der Waals surface area contributed by atoms with Crippen molar-refractivity contribution in [2.75, 3.05) is 0 Å². The smallest absolute Gasteiger partial charge is 0.550 e. The first-order valence-corrected chi connectivity index (χ1v) is 20.9. The maximum absolute atomic E-state index is 9.26. The second kappa shape index (κ2) is 87.6. The van der Waals surface area contributed by atoms with Crippen LogP contribution in [0.25, 0.3) is 0 Å². The molecule has 52 heavy (non-hydrogen) atoms. The average molecular weight is 848 g/mol. The van der Waals surface area contributed by atoms with E-state index in [0.717, 1.165) is 0 Å². The van der Waals surface area contributed by atoms with Gasteiger partial charge in [0.2, 0.25) is 0 Å². The monoisotopic (exact) mass is 847 g/mol. The number of carbonyl (C=O) groups is 4. The maximum Gasteiger partial charge on any atom is 2.00 e. The van der Waals surface area contributed by atoms with Gasteiger partial charge in [-0.05, 0) is 25.7 Å². The summed E-state index contributed by atoms with van der Waals surface area (Å²) in [6.45, 7) is 22.1. The van der Waals surface area contributed by atoms with Gasteiger partial charge in [-0.3, -0.25) is 0 Å². The topological polar surface area (TPSA) is 161 Å². The van der Waals surface area contributed by atoms with Gasteiger partial charge in [0.15, 0.2) is 0 Å². The van der Waals surface area contributed by atoms with Gasteiger partial charge >= 0.3 is 34.1 Å². The van der Waals surface area contributed by atoms with E-state index in [2.05, 4.69) is 0 Å². The molecule has 4 fully saturated rings. The number of carboxylic acid groups (broad SMARTS) is 4. The summed E-state index contributed by atoms with van der Waals surface area (Å²) in [6.07, 6.45) is 33.4. The number of hydrogen-bond acceptors (Lipinski definition) is 8. The third kappa shape index (κ3) is 134. The summed E-state index contributed by atoms with van der Waals surface area (Å²) in [6, 6.07) is 0. The van der Waals surface area contributed by atoms with Gasteiger partial charge in [-0.1, -0.05) is 224 Å². The first-order valence-electron chi connectivity index (χ1n) is 20.9. The Morgan fingerprint density at radius 1 is 0.269 bits per heavy atom. The van der Waals surface area contributed by atoms with Crippen molar-refractivity contribution in [3.05, 3.63) is 0 Å². The molecule has 0 amide bonds. The van der Waals surface area contributed by atoms with Crippen LogP contribution in [-0.4, -0.2) is 23.9 Å². The summed E-state index contributed by atoms with van der Waals surface area (Å²) in [4.78, 5) is 37.0. The maximum atomic E-state index is 9.26. The van der Waals surface area contributed by atoms with Gasteiger partial charge in [0.05, 0.1) is 0 Å². The molecule has 0 aromatic rings. The Morgan fingerprint density at radius 2 is 0.308 bits per heavy atom. The third-order valence-electron chi connectivity index (χ3n) is 6.65. The molecule has 0 atom stereocenters. The Balaban J connectivity index is -0.0000000469. The van der Waals surface area contributed by atoms with E-state index in [1.807, 2.05) is 55.4 Å². The summed E-state index contributed by atoms with van der Waals surface area (Å²) < 4.78 is 0. The average Bonchev–Trinajstić information content (AvgIpc) is 3.99. The molecule has 2 radical (unpaired) electrons. The fourth-order valence-corrected chi connectivity index (χ4v) is 3.89. The predicted octanol–water partition coefficient (Wildman–Crippen LogP) is 9.27. The van der Waals surface area contributed by atoms with Gasteiger partial charge in [-0.2, -0.15) is 0 Å². The predicted molar refractivity (Wildman–Crippen MR) is 208 cm³/mol. The molecule has 4 aliphatic rings. The zero-order valence-electron chi connectivity index (χ0n) is 36.3. The van der Waals surface area contributed by atoms with E-state index in [0.29, 0.717) is 0 Å². The van der Waals surface area contributed by atoms with E-state index in [1.54, 1.807) is 0 Å². The van der Waals surface area contributed by atoms with E-state index in [9.17, 15) is 39.6 Å². The van der Waals surface area contributed by atoms with Crippen molar-refractivity contribution < 1.29 is 73.7 Å². The molecule has 0 spiro atoms. The molecule has 326 valence electrons. The first-order chi connectivity index (χ1) is 24.1. The van der Waals surface area contributed by atoms with Crippen LogP contribution >= 0.6 is 0 Å². The van der Waals surface area contributed by atoms with Crippen molar-refractivity contribution >= 4 is 23.9 Å².